The van der Waals surface area contributed by atoms with Gasteiger partial charge in [-0.2, -0.15) is 0 Å². The zero-order valence-electron chi connectivity index (χ0n) is 8.95. The van der Waals surface area contributed by atoms with Crippen LogP contribution in [0.25, 0.3) is 0 Å². The van der Waals surface area contributed by atoms with Gasteiger partial charge in [-0.05, 0) is 55.2 Å². The molecule has 0 N–H and O–H groups in total. The number of piperidine rings is 1. The zero-order chi connectivity index (χ0) is 10.1. The molecule has 1 aliphatic heterocycles. The van der Waals surface area contributed by atoms with Crippen LogP contribution in [0.15, 0.2) is 0 Å². The van der Waals surface area contributed by atoms with E-state index in [1.165, 1.54) is 0 Å². The molecule has 1 rings (SSSR count). The Morgan fingerprint density at radius 1 is 1.38 bits per heavy atom. The van der Waals surface area contributed by atoms with Crippen LogP contribution in [0, 0.1) is 0 Å². The van der Waals surface area contributed by atoms with Crippen molar-refractivity contribution in [3.05, 3.63) is 0 Å². The average molecular weight is 203 g/mol. The molecule has 0 saturated carbocycles. The van der Waals surface area contributed by atoms with Crippen molar-refractivity contribution in [1.82, 2.24) is 4.90 Å². The first kappa shape index (κ1) is 11.1. The van der Waals surface area contributed by atoms with Gasteiger partial charge in [0.2, 0.25) is 0 Å². The monoisotopic (exact) mass is 203 g/mol. The fourth-order valence-electron chi connectivity index (χ4n) is 1.89. The van der Waals surface area contributed by atoms with E-state index in [0.717, 1.165) is 25.9 Å². The predicted molar refractivity (Wildman–Crippen MR) is 60.9 cm³/mol. The lowest BCUT2D eigenvalue weighted by Crippen LogP contribution is -2.42. The third-order valence-electron chi connectivity index (χ3n) is 2.91. The third-order valence-corrected chi connectivity index (χ3v) is 4.79. The summed E-state index contributed by atoms with van der Waals surface area (Å²) in [6, 6.07) is 0.624. The van der Waals surface area contributed by atoms with Crippen LogP contribution >= 0.6 is 0 Å². The van der Waals surface area contributed by atoms with Gasteiger partial charge in [0, 0.05) is 17.5 Å². The van der Waals surface area contributed by atoms with Crippen LogP contribution in [0.2, 0.25) is 0 Å². The van der Waals surface area contributed by atoms with E-state index >= 15 is 0 Å². The molecule has 0 aliphatic carbocycles. The minimum Gasteiger partial charge on any atom is -0.301 e. The van der Waals surface area contributed by atoms with Crippen molar-refractivity contribution in [1.29, 1.82) is 0 Å². The Morgan fingerprint density at radius 2 is 1.85 bits per heavy atom. The maximum Gasteiger partial charge on any atom is 0.0293 e. The maximum absolute atomic E-state index is 11.7. The Kier molecular flexibility index (Phi) is 3.41. The lowest BCUT2D eigenvalue weighted by atomic mass is 10.1. The highest BCUT2D eigenvalue weighted by Crippen LogP contribution is 2.18. The number of nitrogens with zero attached hydrogens (tertiary/aromatic N) is 1. The molecule has 1 saturated heterocycles. The van der Waals surface area contributed by atoms with Crippen molar-refractivity contribution >= 4 is 15.4 Å². The molecular weight excluding hydrogens is 182 g/mol. The molecule has 1 atom stereocenters. The molecule has 1 heterocycles. The smallest absolute Gasteiger partial charge is 0.0293 e. The quantitative estimate of drug-likeness (QED) is 0.629. The Balaban J connectivity index is 2.49. The van der Waals surface area contributed by atoms with Crippen LogP contribution in [-0.2, 0) is 9.52 Å². The molecule has 0 aromatic heterocycles. The van der Waals surface area contributed by atoms with Gasteiger partial charge in [0.05, 0.1) is 0 Å². The fourth-order valence-corrected chi connectivity index (χ4v) is 3.10. The van der Waals surface area contributed by atoms with Crippen molar-refractivity contribution in [2.24, 2.45) is 0 Å². The van der Waals surface area contributed by atoms with E-state index in [0.29, 0.717) is 11.3 Å². The van der Waals surface area contributed by atoms with E-state index in [1.807, 2.05) is 0 Å². The first-order valence-corrected chi connectivity index (χ1v) is 7.16. The van der Waals surface area contributed by atoms with Crippen LogP contribution in [0.4, 0.5) is 0 Å². The number of hydrogen-bond acceptors (Lipinski definition) is 2. The van der Waals surface area contributed by atoms with Crippen LogP contribution in [0.5, 0.6) is 0 Å². The Bertz CT molecular complexity index is 248. The standard InChI is InChI=1S/C10H21NOS/c1-9(2)11-7-5-10(6-8-11)13(3,4)12/h9-10H,3,5-8H2,1-2,4H3. The number of likely N-dealkylation sites (tertiary alicyclic amines) is 1. The Morgan fingerprint density at radius 3 is 2.15 bits per heavy atom. The molecule has 3 heteroatoms. The van der Waals surface area contributed by atoms with Crippen LogP contribution in [-0.4, -0.2) is 45.6 Å². The van der Waals surface area contributed by atoms with E-state index in [-0.39, 0.29) is 0 Å². The molecule has 0 aromatic rings. The lowest BCUT2D eigenvalue weighted by molar-refractivity contribution is 0.187. The lowest BCUT2D eigenvalue weighted by Gasteiger charge is -2.35. The van der Waals surface area contributed by atoms with Gasteiger partial charge in [0.25, 0.3) is 0 Å². The summed E-state index contributed by atoms with van der Waals surface area (Å²) < 4.78 is 11.7. The van der Waals surface area contributed by atoms with E-state index in [1.54, 1.807) is 6.26 Å². The van der Waals surface area contributed by atoms with Crippen LogP contribution in [0.3, 0.4) is 0 Å². The minimum atomic E-state index is -1.80. The molecule has 1 fully saturated rings. The highest BCUT2D eigenvalue weighted by atomic mass is 32.2. The van der Waals surface area contributed by atoms with Gasteiger partial charge in [-0.25, -0.2) is 0 Å². The topological polar surface area (TPSA) is 20.3 Å². The summed E-state index contributed by atoms with van der Waals surface area (Å²) in [5, 5.41) is 0.350. The summed E-state index contributed by atoms with van der Waals surface area (Å²) in [6.07, 6.45) is 3.90. The predicted octanol–water partition coefficient (Wildman–Crippen LogP) is 1.21. The van der Waals surface area contributed by atoms with Gasteiger partial charge < -0.3 is 4.90 Å². The second kappa shape index (κ2) is 4.01. The highest BCUT2D eigenvalue weighted by Gasteiger charge is 2.24. The summed E-state index contributed by atoms with van der Waals surface area (Å²) in [5.74, 6) is 3.77. The fraction of sp³-hybridized carbons (Fsp3) is 0.900. The van der Waals surface area contributed by atoms with Gasteiger partial charge in [-0.1, -0.05) is 0 Å². The van der Waals surface area contributed by atoms with Crippen LogP contribution < -0.4 is 0 Å². The molecule has 13 heavy (non-hydrogen) atoms. The molecular formula is C10H21NOS. The molecule has 0 amide bonds. The van der Waals surface area contributed by atoms with Gasteiger partial charge >= 0.3 is 0 Å². The number of rotatable bonds is 2. The second-order valence-electron chi connectivity index (χ2n) is 4.40. The normalized spacial score (nSPS) is 26.2. The van der Waals surface area contributed by atoms with E-state index in [4.69, 9.17) is 0 Å². The first-order valence-electron chi connectivity index (χ1n) is 4.96. The summed E-state index contributed by atoms with van der Waals surface area (Å²) >= 11 is 0. The summed E-state index contributed by atoms with van der Waals surface area (Å²) in [7, 11) is -1.80. The van der Waals surface area contributed by atoms with E-state index < -0.39 is 9.52 Å². The third kappa shape index (κ3) is 2.99. The van der Waals surface area contributed by atoms with Gasteiger partial charge in [-0.15, -0.1) is 0 Å². The van der Waals surface area contributed by atoms with Crippen molar-refractivity contribution < 1.29 is 4.21 Å². The van der Waals surface area contributed by atoms with E-state index in [2.05, 4.69) is 24.6 Å². The molecule has 1 unspecified atom stereocenters. The summed E-state index contributed by atoms with van der Waals surface area (Å²) in [6.45, 7) is 6.60. The van der Waals surface area contributed by atoms with Gasteiger partial charge in [0.1, 0.15) is 0 Å². The van der Waals surface area contributed by atoms with Crippen molar-refractivity contribution in [3.8, 4) is 0 Å². The molecule has 1 aliphatic rings. The Labute approximate surface area is 82.3 Å². The second-order valence-corrected chi connectivity index (χ2v) is 7.21. The molecule has 0 spiro atoms. The SMILES string of the molecule is C=S(C)(=O)C1CCN(C(C)C)CC1. The first-order chi connectivity index (χ1) is 5.91. The maximum atomic E-state index is 11.7. The van der Waals surface area contributed by atoms with Gasteiger partial charge in [0.15, 0.2) is 0 Å². The largest absolute Gasteiger partial charge is 0.301 e. The highest BCUT2D eigenvalue weighted by molar-refractivity contribution is 8.00. The molecule has 78 valence electrons. The van der Waals surface area contributed by atoms with E-state index in [9.17, 15) is 4.21 Å². The summed E-state index contributed by atoms with van der Waals surface area (Å²) in [5.41, 5.74) is 0. The summed E-state index contributed by atoms with van der Waals surface area (Å²) in [4.78, 5) is 2.45. The molecule has 0 bridgehead atoms. The molecule has 2 nitrogen and oxygen atoms in total. The average Bonchev–Trinajstić information content (AvgIpc) is 2.03. The van der Waals surface area contributed by atoms with Crippen molar-refractivity contribution in [2.75, 3.05) is 19.3 Å². The number of hydrogen-bond donors (Lipinski definition) is 0. The Hall–Kier alpha value is -0.0200. The zero-order valence-corrected chi connectivity index (χ0v) is 9.77. The van der Waals surface area contributed by atoms with Crippen molar-refractivity contribution in [3.63, 3.8) is 0 Å². The van der Waals surface area contributed by atoms with Crippen LogP contribution in [0.1, 0.15) is 26.7 Å². The minimum absolute atomic E-state index is 0.350. The molecule has 0 aromatic carbocycles. The molecule has 0 radical (unpaired) electrons. The van der Waals surface area contributed by atoms with Crippen molar-refractivity contribution in [2.45, 2.75) is 38.0 Å². The van der Waals surface area contributed by atoms with Gasteiger partial charge in [-0.3, -0.25) is 4.21 Å².